The molecule has 3 rings (SSSR count). The van der Waals surface area contributed by atoms with Crippen molar-refractivity contribution < 1.29 is 13.9 Å². The Hall–Kier alpha value is -3.35. The Morgan fingerprint density at radius 1 is 1.18 bits per heavy atom. The van der Waals surface area contributed by atoms with Gasteiger partial charge in [0.25, 0.3) is 5.91 Å². The number of aromatic nitrogens is 2. The fourth-order valence-electron chi connectivity index (χ4n) is 2.86. The maximum absolute atomic E-state index is 13.8. The average Bonchev–Trinajstić information content (AvgIpc) is 3.16. The van der Waals surface area contributed by atoms with E-state index in [2.05, 4.69) is 10.4 Å². The van der Waals surface area contributed by atoms with E-state index >= 15 is 0 Å². The fourth-order valence-corrected chi connectivity index (χ4v) is 2.86. The number of ether oxygens (including phenoxy) is 1. The SMILES string of the molecule is COc1cn(-c2ccccc2)nc1C(=O)NCCCN(C)c1ccccc1F. The Bertz CT molecular complexity index is 927. The van der Waals surface area contributed by atoms with Gasteiger partial charge in [-0.1, -0.05) is 30.3 Å². The van der Waals surface area contributed by atoms with Gasteiger partial charge in [-0.15, -0.1) is 0 Å². The minimum absolute atomic E-state index is 0.230. The van der Waals surface area contributed by atoms with Crippen LogP contribution in [-0.2, 0) is 0 Å². The molecular weight excluding hydrogens is 359 g/mol. The number of hydrogen-bond donors (Lipinski definition) is 1. The van der Waals surface area contributed by atoms with Crippen LogP contribution in [0.25, 0.3) is 5.69 Å². The Morgan fingerprint density at radius 3 is 2.61 bits per heavy atom. The molecule has 1 heterocycles. The zero-order valence-corrected chi connectivity index (χ0v) is 15.9. The normalized spacial score (nSPS) is 10.5. The molecule has 6 nitrogen and oxygen atoms in total. The second kappa shape index (κ2) is 9.03. The third-order valence-corrected chi connectivity index (χ3v) is 4.36. The van der Waals surface area contributed by atoms with Gasteiger partial charge >= 0.3 is 0 Å². The molecule has 7 heteroatoms. The van der Waals surface area contributed by atoms with Gasteiger partial charge in [0, 0.05) is 20.1 Å². The lowest BCUT2D eigenvalue weighted by molar-refractivity contribution is 0.0945. The van der Waals surface area contributed by atoms with E-state index < -0.39 is 0 Å². The van der Waals surface area contributed by atoms with Crippen molar-refractivity contribution in [3.05, 3.63) is 72.3 Å². The van der Waals surface area contributed by atoms with Crippen molar-refractivity contribution >= 4 is 11.6 Å². The van der Waals surface area contributed by atoms with Crippen LogP contribution in [0.3, 0.4) is 0 Å². The number of rotatable bonds is 8. The molecule has 2 aromatic carbocycles. The number of carbonyl (C=O) groups is 1. The highest BCUT2D eigenvalue weighted by Gasteiger charge is 2.18. The lowest BCUT2D eigenvalue weighted by Gasteiger charge is -2.19. The first kappa shape index (κ1) is 19.4. The van der Waals surface area contributed by atoms with Gasteiger partial charge in [-0.2, -0.15) is 5.10 Å². The highest BCUT2D eigenvalue weighted by molar-refractivity contribution is 5.94. The van der Waals surface area contributed by atoms with Crippen molar-refractivity contribution in [2.75, 3.05) is 32.1 Å². The average molecular weight is 382 g/mol. The zero-order valence-electron chi connectivity index (χ0n) is 15.9. The molecule has 0 radical (unpaired) electrons. The Kier molecular flexibility index (Phi) is 6.26. The monoisotopic (exact) mass is 382 g/mol. The van der Waals surface area contributed by atoms with Gasteiger partial charge in [0.2, 0.25) is 0 Å². The molecule has 0 fully saturated rings. The lowest BCUT2D eigenvalue weighted by atomic mass is 10.2. The van der Waals surface area contributed by atoms with Gasteiger partial charge in [-0.25, -0.2) is 9.07 Å². The number of nitrogens with zero attached hydrogens (tertiary/aromatic N) is 3. The number of hydrogen-bond acceptors (Lipinski definition) is 4. The van der Waals surface area contributed by atoms with Gasteiger partial charge in [0.1, 0.15) is 5.82 Å². The minimum Gasteiger partial charge on any atom is -0.493 e. The van der Waals surface area contributed by atoms with Gasteiger partial charge in [0.05, 0.1) is 24.7 Å². The standard InChI is InChI=1S/C21H23FN4O2/c1-25(18-12-7-6-11-17(18)22)14-8-13-23-21(27)20-19(28-2)15-26(24-20)16-9-4-3-5-10-16/h3-7,9-12,15H,8,13-14H2,1-2H3,(H,23,27). The molecule has 1 amide bonds. The number of para-hydroxylation sites is 2. The summed E-state index contributed by atoms with van der Waals surface area (Å²) in [7, 11) is 3.33. The van der Waals surface area contributed by atoms with E-state index in [-0.39, 0.29) is 17.4 Å². The van der Waals surface area contributed by atoms with Crippen LogP contribution in [0.1, 0.15) is 16.9 Å². The molecule has 0 saturated carbocycles. The number of methoxy groups -OCH3 is 1. The quantitative estimate of drug-likeness (QED) is 0.608. The van der Waals surface area contributed by atoms with Crippen molar-refractivity contribution in [2.24, 2.45) is 0 Å². The molecule has 1 aromatic heterocycles. The summed E-state index contributed by atoms with van der Waals surface area (Å²) in [6.07, 6.45) is 2.34. The van der Waals surface area contributed by atoms with Crippen LogP contribution in [-0.4, -0.2) is 42.9 Å². The maximum Gasteiger partial charge on any atom is 0.275 e. The minimum atomic E-state index is -0.305. The molecule has 3 aromatic rings. The molecule has 0 bridgehead atoms. The van der Waals surface area contributed by atoms with Crippen LogP contribution in [0.2, 0.25) is 0 Å². The third kappa shape index (κ3) is 4.49. The van der Waals surface area contributed by atoms with Crippen molar-refractivity contribution in [1.29, 1.82) is 0 Å². The number of halogens is 1. The molecule has 1 N–H and O–H groups in total. The summed E-state index contributed by atoms with van der Waals surface area (Å²) in [5, 5.41) is 7.19. The first-order chi connectivity index (χ1) is 13.6. The summed E-state index contributed by atoms with van der Waals surface area (Å²) in [5.41, 5.74) is 1.61. The number of nitrogens with one attached hydrogen (secondary N) is 1. The summed E-state index contributed by atoms with van der Waals surface area (Å²) < 4.78 is 20.7. The van der Waals surface area contributed by atoms with E-state index in [1.165, 1.54) is 13.2 Å². The van der Waals surface area contributed by atoms with E-state index in [0.29, 0.717) is 30.9 Å². The molecule has 0 spiro atoms. The highest BCUT2D eigenvalue weighted by Crippen LogP contribution is 2.19. The van der Waals surface area contributed by atoms with Crippen LogP contribution in [0, 0.1) is 5.82 Å². The first-order valence-electron chi connectivity index (χ1n) is 9.03. The van der Waals surface area contributed by atoms with Gasteiger partial charge in [-0.3, -0.25) is 4.79 Å². The van der Waals surface area contributed by atoms with Gasteiger partial charge in [-0.05, 0) is 30.7 Å². The van der Waals surface area contributed by atoms with Crippen LogP contribution < -0.4 is 15.0 Å². The van der Waals surface area contributed by atoms with E-state index in [0.717, 1.165) is 5.69 Å². The second-order valence-corrected chi connectivity index (χ2v) is 6.31. The molecule has 0 aliphatic heterocycles. The van der Waals surface area contributed by atoms with Gasteiger partial charge < -0.3 is 15.0 Å². The first-order valence-corrected chi connectivity index (χ1v) is 9.03. The van der Waals surface area contributed by atoms with Crippen molar-refractivity contribution in [3.63, 3.8) is 0 Å². The van der Waals surface area contributed by atoms with Crippen molar-refractivity contribution in [3.8, 4) is 11.4 Å². The molecule has 0 unspecified atom stereocenters. The van der Waals surface area contributed by atoms with Crippen LogP contribution in [0.5, 0.6) is 5.75 Å². The van der Waals surface area contributed by atoms with E-state index in [9.17, 15) is 9.18 Å². The topological polar surface area (TPSA) is 59.4 Å². The third-order valence-electron chi connectivity index (χ3n) is 4.36. The van der Waals surface area contributed by atoms with E-state index in [1.54, 1.807) is 29.1 Å². The Balaban J connectivity index is 1.56. The molecule has 0 aliphatic carbocycles. The number of amides is 1. The maximum atomic E-state index is 13.8. The van der Waals surface area contributed by atoms with Crippen molar-refractivity contribution in [1.82, 2.24) is 15.1 Å². The fraction of sp³-hybridized carbons (Fsp3) is 0.238. The van der Waals surface area contributed by atoms with E-state index in [4.69, 9.17) is 4.74 Å². The summed E-state index contributed by atoms with van der Waals surface area (Å²) in [6, 6.07) is 16.1. The Labute approximate surface area is 163 Å². The van der Waals surface area contributed by atoms with Crippen LogP contribution in [0.4, 0.5) is 10.1 Å². The number of carbonyl (C=O) groups excluding carboxylic acids is 1. The van der Waals surface area contributed by atoms with Crippen LogP contribution in [0.15, 0.2) is 60.8 Å². The predicted molar refractivity (Wildman–Crippen MR) is 107 cm³/mol. The molecular formula is C21H23FN4O2. The molecule has 0 aliphatic rings. The van der Waals surface area contributed by atoms with Gasteiger partial charge in [0.15, 0.2) is 11.4 Å². The predicted octanol–water partition coefficient (Wildman–Crippen LogP) is 3.28. The largest absolute Gasteiger partial charge is 0.493 e. The molecule has 146 valence electrons. The number of anilines is 1. The smallest absolute Gasteiger partial charge is 0.275 e. The summed E-state index contributed by atoms with van der Waals surface area (Å²) in [4.78, 5) is 14.3. The van der Waals surface area contributed by atoms with E-state index in [1.807, 2.05) is 42.3 Å². The highest BCUT2D eigenvalue weighted by atomic mass is 19.1. The molecule has 0 atom stereocenters. The summed E-state index contributed by atoms with van der Waals surface area (Å²) in [5.74, 6) is -0.157. The lowest BCUT2D eigenvalue weighted by Crippen LogP contribution is -2.29. The molecule has 0 saturated heterocycles. The van der Waals surface area contributed by atoms with Crippen LogP contribution >= 0.6 is 0 Å². The Morgan fingerprint density at radius 2 is 1.89 bits per heavy atom. The molecule has 28 heavy (non-hydrogen) atoms. The second-order valence-electron chi connectivity index (χ2n) is 6.31. The summed E-state index contributed by atoms with van der Waals surface area (Å²) >= 11 is 0. The summed E-state index contributed by atoms with van der Waals surface area (Å²) in [6.45, 7) is 1.05. The zero-order chi connectivity index (χ0) is 19.9. The van der Waals surface area contributed by atoms with Crippen molar-refractivity contribution in [2.45, 2.75) is 6.42 Å². The number of benzene rings is 2.